The third-order valence-corrected chi connectivity index (χ3v) is 2.36. The minimum atomic E-state index is -4.34. The van der Waals surface area contributed by atoms with E-state index in [4.69, 9.17) is 0 Å². The number of nitrogens with one attached hydrogen (secondary N) is 1. The molecule has 1 atom stereocenters. The first-order valence-corrected chi connectivity index (χ1v) is 5.50. The molecule has 1 unspecified atom stereocenters. The molecule has 12 heavy (non-hydrogen) atoms. The lowest BCUT2D eigenvalue weighted by Gasteiger charge is -2.15. The number of halogens is 1. The van der Waals surface area contributed by atoms with E-state index >= 15 is 0 Å². The highest BCUT2D eigenvalue weighted by Crippen LogP contribution is 2.07. The van der Waals surface area contributed by atoms with E-state index in [2.05, 4.69) is 5.32 Å². The smallest absolute Gasteiger partial charge is 0.303 e. The fourth-order valence-electron chi connectivity index (χ4n) is 1.08. The minimum absolute atomic E-state index is 0.278. The molecule has 3 nitrogen and oxygen atoms in total. The van der Waals surface area contributed by atoms with E-state index in [-0.39, 0.29) is 6.04 Å². The van der Waals surface area contributed by atoms with Crippen molar-refractivity contribution in [2.75, 3.05) is 12.8 Å². The zero-order valence-corrected chi connectivity index (χ0v) is 8.49. The molecule has 0 spiro atoms. The van der Waals surface area contributed by atoms with Crippen LogP contribution < -0.4 is 5.32 Å². The summed E-state index contributed by atoms with van der Waals surface area (Å²) in [5, 5.41) is 2.77. The maximum Gasteiger partial charge on any atom is 0.303 e. The van der Waals surface area contributed by atoms with Crippen LogP contribution in [-0.2, 0) is 10.2 Å². The van der Waals surface area contributed by atoms with Gasteiger partial charge in [-0.2, -0.15) is 8.42 Å². The number of hydrogen-bond donors (Lipinski definition) is 1. The molecule has 0 aliphatic heterocycles. The van der Waals surface area contributed by atoms with Gasteiger partial charge in [0.2, 0.25) is 0 Å². The van der Waals surface area contributed by atoms with Crippen molar-refractivity contribution in [3.05, 3.63) is 0 Å². The van der Waals surface area contributed by atoms with Crippen LogP contribution in [0.25, 0.3) is 0 Å². The molecule has 0 aromatic heterocycles. The van der Waals surface area contributed by atoms with Crippen molar-refractivity contribution in [1.29, 1.82) is 0 Å². The van der Waals surface area contributed by atoms with Crippen molar-refractivity contribution in [2.45, 2.75) is 26.3 Å². The predicted octanol–water partition coefficient (Wildman–Crippen LogP) is 0.920. The largest absolute Gasteiger partial charge is 0.316 e. The maximum absolute atomic E-state index is 12.2. The van der Waals surface area contributed by atoms with Crippen LogP contribution in [0.2, 0.25) is 0 Å². The van der Waals surface area contributed by atoms with E-state index in [1.54, 1.807) is 7.05 Å². The molecule has 0 fully saturated rings. The van der Waals surface area contributed by atoms with Crippen LogP contribution >= 0.6 is 0 Å². The van der Waals surface area contributed by atoms with E-state index in [0.717, 1.165) is 0 Å². The van der Waals surface area contributed by atoms with Gasteiger partial charge in [-0.25, -0.2) is 0 Å². The fourth-order valence-corrected chi connectivity index (χ4v) is 1.86. The third-order valence-electron chi connectivity index (χ3n) is 1.56. The van der Waals surface area contributed by atoms with E-state index < -0.39 is 16.0 Å². The Balaban J connectivity index is 4.01. The van der Waals surface area contributed by atoms with Gasteiger partial charge in [0.05, 0.1) is 5.75 Å². The molecule has 74 valence electrons. The summed E-state index contributed by atoms with van der Waals surface area (Å²) in [6.07, 6.45) is 0.666. The summed E-state index contributed by atoms with van der Waals surface area (Å²) in [4.78, 5) is 0. The second kappa shape index (κ2) is 4.77. The predicted molar refractivity (Wildman–Crippen MR) is 47.2 cm³/mol. The molecule has 0 heterocycles. The highest BCUT2D eigenvalue weighted by atomic mass is 32.3. The van der Waals surface area contributed by atoms with E-state index in [1.807, 2.05) is 13.8 Å². The molecule has 0 bridgehead atoms. The van der Waals surface area contributed by atoms with Crippen LogP contribution in [0.4, 0.5) is 3.89 Å². The van der Waals surface area contributed by atoms with Gasteiger partial charge in [-0.1, -0.05) is 13.8 Å². The summed E-state index contributed by atoms with van der Waals surface area (Å²) in [5.74, 6) is -0.0639. The molecule has 0 aliphatic rings. The summed E-state index contributed by atoms with van der Waals surface area (Å²) in [6, 6.07) is -0.278. The minimum Gasteiger partial charge on any atom is -0.316 e. The van der Waals surface area contributed by atoms with E-state index in [0.29, 0.717) is 12.3 Å². The van der Waals surface area contributed by atoms with Crippen LogP contribution in [0.1, 0.15) is 20.3 Å². The van der Waals surface area contributed by atoms with Crippen molar-refractivity contribution < 1.29 is 12.3 Å². The molecule has 0 saturated heterocycles. The van der Waals surface area contributed by atoms with Gasteiger partial charge in [-0.15, -0.1) is 3.89 Å². The third kappa shape index (κ3) is 6.54. The standard InChI is InChI=1S/C7H16FNO2S/c1-6(2)4-7(9-3)5-12(8,10)11/h6-7,9H,4-5H2,1-3H3. The van der Waals surface area contributed by atoms with Crippen molar-refractivity contribution in [1.82, 2.24) is 5.32 Å². The summed E-state index contributed by atoms with van der Waals surface area (Å²) in [5.41, 5.74) is 0. The Bertz CT molecular complexity index is 213. The second-order valence-electron chi connectivity index (χ2n) is 3.32. The van der Waals surface area contributed by atoms with Gasteiger partial charge in [0.15, 0.2) is 0 Å². The summed E-state index contributed by atoms with van der Waals surface area (Å²) in [7, 11) is -2.71. The highest BCUT2D eigenvalue weighted by Gasteiger charge is 2.17. The lowest BCUT2D eigenvalue weighted by molar-refractivity contribution is 0.458. The fraction of sp³-hybridized carbons (Fsp3) is 1.00. The molecule has 5 heteroatoms. The van der Waals surface area contributed by atoms with Gasteiger partial charge in [-0.3, -0.25) is 0 Å². The molecule has 0 amide bonds. The quantitative estimate of drug-likeness (QED) is 0.667. The lowest BCUT2D eigenvalue weighted by Crippen LogP contribution is -2.32. The monoisotopic (exact) mass is 197 g/mol. The summed E-state index contributed by atoms with van der Waals surface area (Å²) >= 11 is 0. The molecule has 0 saturated carbocycles. The normalized spacial score (nSPS) is 15.1. The number of hydrogen-bond acceptors (Lipinski definition) is 3. The van der Waals surface area contributed by atoms with E-state index in [1.165, 1.54) is 0 Å². The SMILES string of the molecule is CNC(CC(C)C)CS(=O)(=O)F. The van der Waals surface area contributed by atoms with Crippen molar-refractivity contribution in [3.63, 3.8) is 0 Å². The first kappa shape index (κ1) is 11.8. The van der Waals surface area contributed by atoms with Gasteiger partial charge in [0.1, 0.15) is 0 Å². The zero-order chi connectivity index (χ0) is 9.78. The van der Waals surface area contributed by atoms with E-state index in [9.17, 15) is 12.3 Å². The van der Waals surface area contributed by atoms with Crippen molar-refractivity contribution in [3.8, 4) is 0 Å². The molecular weight excluding hydrogens is 181 g/mol. The maximum atomic E-state index is 12.2. The average Bonchev–Trinajstić information content (AvgIpc) is 1.82. The molecule has 1 N–H and O–H groups in total. The molecule has 0 aromatic rings. The Kier molecular flexibility index (Phi) is 4.70. The highest BCUT2D eigenvalue weighted by molar-refractivity contribution is 7.86. The molecule has 0 aromatic carbocycles. The zero-order valence-electron chi connectivity index (χ0n) is 7.67. The Morgan fingerprint density at radius 1 is 1.42 bits per heavy atom. The van der Waals surface area contributed by atoms with Gasteiger partial charge >= 0.3 is 10.2 Å². The first-order chi connectivity index (χ1) is 5.35. The Morgan fingerprint density at radius 3 is 2.17 bits per heavy atom. The van der Waals surface area contributed by atoms with Crippen LogP contribution in [0.3, 0.4) is 0 Å². The summed E-state index contributed by atoms with van der Waals surface area (Å²) < 4.78 is 32.8. The van der Waals surface area contributed by atoms with Crippen molar-refractivity contribution >= 4 is 10.2 Å². The van der Waals surface area contributed by atoms with Gasteiger partial charge in [-0.05, 0) is 19.4 Å². The van der Waals surface area contributed by atoms with Crippen LogP contribution in [0, 0.1) is 5.92 Å². The van der Waals surface area contributed by atoms with Gasteiger partial charge < -0.3 is 5.32 Å². The van der Waals surface area contributed by atoms with Crippen molar-refractivity contribution in [2.24, 2.45) is 5.92 Å². The summed E-state index contributed by atoms with van der Waals surface area (Å²) in [6.45, 7) is 3.93. The molecule has 0 aliphatic carbocycles. The van der Waals surface area contributed by atoms with Crippen LogP contribution in [0.15, 0.2) is 0 Å². The van der Waals surface area contributed by atoms with Crippen LogP contribution in [-0.4, -0.2) is 27.3 Å². The first-order valence-electron chi connectivity index (χ1n) is 3.94. The van der Waals surface area contributed by atoms with Crippen LogP contribution in [0.5, 0.6) is 0 Å². The van der Waals surface area contributed by atoms with Gasteiger partial charge in [0.25, 0.3) is 0 Å². The Hall–Kier alpha value is -0.160. The Labute approximate surface area is 73.6 Å². The second-order valence-corrected chi connectivity index (χ2v) is 4.73. The molecule has 0 radical (unpaired) electrons. The topological polar surface area (TPSA) is 46.2 Å². The molecular formula is C7H16FNO2S. The van der Waals surface area contributed by atoms with Gasteiger partial charge in [0, 0.05) is 6.04 Å². The number of rotatable bonds is 5. The molecule has 0 rings (SSSR count). The average molecular weight is 197 g/mol. The Morgan fingerprint density at radius 2 is 1.92 bits per heavy atom. The lowest BCUT2D eigenvalue weighted by atomic mass is 10.1.